The van der Waals surface area contributed by atoms with Crippen molar-refractivity contribution in [3.63, 3.8) is 0 Å². The second kappa shape index (κ2) is 3.12. The Morgan fingerprint density at radius 3 is 3.08 bits per heavy atom. The molecule has 13 heavy (non-hydrogen) atoms. The molecule has 0 saturated heterocycles. The molecular formula is C10H7ClN2. The van der Waals surface area contributed by atoms with Gasteiger partial charge in [0.15, 0.2) is 0 Å². The van der Waals surface area contributed by atoms with Crippen LogP contribution in [0.5, 0.6) is 0 Å². The topological polar surface area (TPSA) is 28.7 Å². The SMILES string of the molecule is CC#Cc1cc2[nH]ncc2cc1Cl. The zero-order valence-corrected chi connectivity index (χ0v) is 7.81. The van der Waals surface area contributed by atoms with Gasteiger partial charge >= 0.3 is 0 Å². The van der Waals surface area contributed by atoms with Crippen LogP contribution in [0.3, 0.4) is 0 Å². The Balaban J connectivity index is 2.74. The Kier molecular flexibility index (Phi) is 1.96. The maximum absolute atomic E-state index is 5.99. The van der Waals surface area contributed by atoms with E-state index in [1.807, 2.05) is 12.1 Å². The van der Waals surface area contributed by atoms with Crippen LogP contribution >= 0.6 is 11.6 Å². The van der Waals surface area contributed by atoms with Crippen molar-refractivity contribution in [3.05, 3.63) is 28.9 Å². The molecule has 0 aliphatic carbocycles. The Bertz CT molecular complexity index is 502. The summed E-state index contributed by atoms with van der Waals surface area (Å²) < 4.78 is 0. The van der Waals surface area contributed by atoms with Gasteiger partial charge in [-0.15, -0.1) is 5.92 Å². The van der Waals surface area contributed by atoms with Crippen LogP contribution < -0.4 is 0 Å². The quantitative estimate of drug-likeness (QED) is 0.636. The first-order valence-corrected chi connectivity index (χ1v) is 4.24. The summed E-state index contributed by atoms with van der Waals surface area (Å²) in [6.45, 7) is 1.79. The summed E-state index contributed by atoms with van der Waals surface area (Å²) in [6.07, 6.45) is 1.74. The van der Waals surface area contributed by atoms with Gasteiger partial charge in [0, 0.05) is 10.9 Å². The fourth-order valence-electron chi connectivity index (χ4n) is 1.19. The normalized spacial score (nSPS) is 9.69. The number of benzene rings is 1. The van der Waals surface area contributed by atoms with Crippen LogP contribution in [0.2, 0.25) is 5.02 Å². The molecule has 2 aromatic rings. The highest BCUT2D eigenvalue weighted by molar-refractivity contribution is 6.32. The Labute approximate surface area is 80.9 Å². The number of aromatic nitrogens is 2. The lowest BCUT2D eigenvalue weighted by atomic mass is 10.2. The number of hydrogen-bond acceptors (Lipinski definition) is 1. The van der Waals surface area contributed by atoms with Crippen LogP contribution in [0.25, 0.3) is 10.9 Å². The molecule has 1 aromatic carbocycles. The van der Waals surface area contributed by atoms with Crippen molar-refractivity contribution in [2.75, 3.05) is 0 Å². The minimum absolute atomic E-state index is 0.670. The van der Waals surface area contributed by atoms with Gasteiger partial charge in [-0.3, -0.25) is 5.10 Å². The average Bonchev–Trinajstić information content (AvgIpc) is 2.52. The molecule has 0 aliphatic heterocycles. The van der Waals surface area contributed by atoms with Crippen molar-refractivity contribution in [2.45, 2.75) is 6.92 Å². The maximum atomic E-state index is 5.99. The van der Waals surface area contributed by atoms with Crippen molar-refractivity contribution in [1.82, 2.24) is 10.2 Å². The minimum Gasteiger partial charge on any atom is -0.278 e. The van der Waals surface area contributed by atoms with Gasteiger partial charge in [-0.25, -0.2) is 0 Å². The van der Waals surface area contributed by atoms with Gasteiger partial charge in [0.1, 0.15) is 0 Å². The predicted molar refractivity (Wildman–Crippen MR) is 53.7 cm³/mol. The highest BCUT2D eigenvalue weighted by atomic mass is 35.5. The number of rotatable bonds is 0. The summed E-state index contributed by atoms with van der Waals surface area (Å²) in [5.41, 5.74) is 1.79. The molecule has 1 N–H and O–H groups in total. The third kappa shape index (κ3) is 1.39. The molecule has 3 heteroatoms. The molecule has 1 aromatic heterocycles. The van der Waals surface area contributed by atoms with E-state index in [2.05, 4.69) is 22.0 Å². The molecular weight excluding hydrogens is 184 g/mol. The number of nitrogens with zero attached hydrogens (tertiary/aromatic N) is 1. The van der Waals surface area contributed by atoms with E-state index in [4.69, 9.17) is 11.6 Å². The van der Waals surface area contributed by atoms with E-state index in [1.165, 1.54) is 0 Å². The molecule has 0 unspecified atom stereocenters. The molecule has 64 valence electrons. The molecule has 2 nitrogen and oxygen atoms in total. The summed E-state index contributed by atoms with van der Waals surface area (Å²) in [5.74, 6) is 5.74. The summed E-state index contributed by atoms with van der Waals surface area (Å²) in [6, 6.07) is 3.77. The number of fused-ring (bicyclic) bond motifs is 1. The monoisotopic (exact) mass is 190 g/mol. The fraction of sp³-hybridized carbons (Fsp3) is 0.100. The van der Waals surface area contributed by atoms with Crippen LogP contribution in [0.1, 0.15) is 12.5 Å². The lowest BCUT2D eigenvalue weighted by molar-refractivity contribution is 1.12. The molecule has 2 rings (SSSR count). The second-order valence-electron chi connectivity index (χ2n) is 2.66. The zero-order valence-electron chi connectivity index (χ0n) is 7.06. The second-order valence-corrected chi connectivity index (χ2v) is 3.07. The number of H-pyrrole nitrogens is 1. The number of halogens is 1. The van der Waals surface area contributed by atoms with Gasteiger partial charge in [0.2, 0.25) is 0 Å². The zero-order chi connectivity index (χ0) is 9.26. The molecule has 0 amide bonds. The third-order valence-corrected chi connectivity index (χ3v) is 2.10. The van der Waals surface area contributed by atoms with Gasteiger partial charge in [-0.1, -0.05) is 17.5 Å². The van der Waals surface area contributed by atoms with Crippen molar-refractivity contribution >= 4 is 22.5 Å². The molecule has 0 atom stereocenters. The number of nitrogens with one attached hydrogen (secondary N) is 1. The van der Waals surface area contributed by atoms with E-state index in [0.717, 1.165) is 16.5 Å². The first-order valence-electron chi connectivity index (χ1n) is 3.86. The molecule has 0 aliphatic rings. The molecule has 1 heterocycles. The van der Waals surface area contributed by atoms with E-state index in [0.29, 0.717) is 5.02 Å². The smallest absolute Gasteiger partial charge is 0.0663 e. The molecule has 0 radical (unpaired) electrons. The van der Waals surface area contributed by atoms with E-state index in [9.17, 15) is 0 Å². The van der Waals surface area contributed by atoms with Crippen molar-refractivity contribution in [1.29, 1.82) is 0 Å². The predicted octanol–water partition coefficient (Wildman–Crippen LogP) is 2.59. The van der Waals surface area contributed by atoms with E-state index < -0.39 is 0 Å². The van der Waals surface area contributed by atoms with Crippen LogP contribution in [0, 0.1) is 11.8 Å². The van der Waals surface area contributed by atoms with Crippen LogP contribution in [0.4, 0.5) is 0 Å². The Morgan fingerprint density at radius 2 is 2.31 bits per heavy atom. The molecule has 0 spiro atoms. The van der Waals surface area contributed by atoms with Gasteiger partial charge in [-0.2, -0.15) is 5.10 Å². The van der Waals surface area contributed by atoms with Crippen molar-refractivity contribution < 1.29 is 0 Å². The summed E-state index contributed by atoms with van der Waals surface area (Å²) in [4.78, 5) is 0. The lowest BCUT2D eigenvalue weighted by Gasteiger charge is -1.95. The summed E-state index contributed by atoms with van der Waals surface area (Å²) in [5, 5.41) is 8.46. The van der Waals surface area contributed by atoms with Crippen LogP contribution in [-0.2, 0) is 0 Å². The highest BCUT2D eigenvalue weighted by Crippen LogP contribution is 2.21. The first kappa shape index (κ1) is 8.15. The Hall–Kier alpha value is -1.46. The van der Waals surface area contributed by atoms with Crippen molar-refractivity contribution in [3.8, 4) is 11.8 Å². The molecule has 0 bridgehead atoms. The fourth-order valence-corrected chi connectivity index (χ4v) is 1.41. The van der Waals surface area contributed by atoms with Gasteiger partial charge < -0.3 is 0 Å². The van der Waals surface area contributed by atoms with Crippen molar-refractivity contribution in [2.24, 2.45) is 0 Å². The third-order valence-electron chi connectivity index (χ3n) is 1.79. The number of hydrogen-bond donors (Lipinski definition) is 1. The van der Waals surface area contributed by atoms with Gasteiger partial charge in [-0.05, 0) is 19.1 Å². The molecule has 0 fully saturated rings. The van der Waals surface area contributed by atoms with E-state index >= 15 is 0 Å². The highest BCUT2D eigenvalue weighted by Gasteiger charge is 2.01. The summed E-state index contributed by atoms with van der Waals surface area (Å²) >= 11 is 5.99. The standard InChI is InChI=1S/C10H7ClN2/c1-2-3-7-5-10-8(4-9(7)11)6-12-13-10/h4-6H,1H3,(H,12,13). The van der Waals surface area contributed by atoms with E-state index in [-0.39, 0.29) is 0 Å². The van der Waals surface area contributed by atoms with Crippen LogP contribution in [-0.4, -0.2) is 10.2 Å². The maximum Gasteiger partial charge on any atom is 0.0663 e. The summed E-state index contributed by atoms with van der Waals surface area (Å²) in [7, 11) is 0. The van der Waals surface area contributed by atoms with E-state index in [1.54, 1.807) is 13.1 Å². The average molecular weight is 191 g/mol. The first-order chi connectivity index (χ1) is 6.31. The lowest BCUT2D eigenvalue weighted by Crippen LogP contribution is -1.77. The van der Waals surface area contributed by atoms with Crippen LogP contribution in [0.15, 0.2) is 18.3 Å². The van der Waals surface area contributed by atoms with Gasteiger partial charge in [0.05, 0.1) is 16.7 Å². The van der Waals surface area contributed by atoms with Gasteiger partial charge in [0.25, 0.3) is 0 Å². The number of aromatic amines is 1. The Morgan fingerprint density at radius 1 is 1.46 bits per heavy atom. The largest absolute Gasteiger partial charge is 0.278 e. The molecule has 0 saturated carbocycles. The minimum atomic E-state index is 0.670.